The quantitative estimate of drug-likeness (QED) is 0.458. The molecule has 1 unspecified atom stereocenters. The van der Waals surface area contributed by atoms with E-state index in [1.807, 2.05) is 6.92 Å². The standard InChI is InChI=1S/C9H15N/c1-4-6-7-8-10-9(3)5-2/h2,6-7,9-10H,4,8H2,1,3H3/b7-6+. The van der Waals surface area contributed by atoms with Gasteiger partial charge in [-0.2, -0.15) is 0 Å². The molecule has 0 radical (unpaired) electrons. The van der Waals surface area contributed by atoms with E-state index in [9.17, 15) is 0 Å². The van der Waals surface area contributed by atoms with Crippen molar-refractivity contribution >= 4 is 0 Å². The van der Waals surface area contributed by atoms with E-state index >= 15 is 0 Å². The highest BCUT2D eigenvalue weighted by Crippen LogP contribution is 1.79. The van der Waals surface area contributed by atoms with E-state index in [0.717, 1.165) is 13.0 Å². The van der Waals surface area contributed by atoms with Crippen LogP contribution in [-0.4, -0.2) is 12.6 Å². The Morgan fingerprint density at radius 1 is 1.60 bits per heavy atom. The lowest BCUT2D eigenvalue weighted by Crippen LogP contribution is -2.23. The fourth-order valence-corrected chi connectivity index (χ4v) is 0.554. The maximum atomic E-state index is 5.15. The van der Waals surface area contributed by atoms with E-state index in [4.69, 9.17) is 6.42 Å². The normalized spacial score (nSPS) is 13.3. The van der Waals surface area contributed by atoms with Crippen LogP contribution in [0.2, 0.25) is 0 Å². The van der Waals surface area contributed by atoms with Gasteiger partial charge in [-0.25, -0.2) is 0 Å². The third-order valence-corrected chi connectivity index (χ3v) is 1.19. The molecule has 56 valence electrons. The van der Waals surface area contributed by atoms with Gasteiger partial charge in [0.1, 0.15) is 0 Å². The summed E-state index contributed by atoms with van der Waals surface area (Å²) in [4.78, 5) is 0. The molecule has 0 saturated carbocycles. The zero-order valence-electron chi connectivity index (χ0n) is 6.72. The minimum atomic E-state index is 0.182. The SMILES string of the molecule is C#CC(C)NC/C=C/CC. The lowest BCUT2D eigenvalue weighted by Gasteiger charge is -2.02. The van der Waals surface area contributed by atoms with Gasteiger partial charge in [0, 0.05) is 6.54 Å². The third kappa shape index (κ3) is 5.40. The average molecular weight is 137 g/mol. The largest absolute Gasteiger partial charge is 0.300 e. The number of nitrogens with one attached hydrogen (secondary N) is 1. The van der Waals surface area contributed by atoms with Gasteiger partial charge in [0.2, 0.25) is 0 Å². The number of hydrogen-bond acceptors (Lipinski definition) is 1. The van der Waals surface area contributed by atoms with Crippen molar-refractivity contribution in [1.29, 1.82) is 0 Å². The van der Waals surface area contributed by atoms with Crippen LogP contribution in [-0.2, 0) is 0 Å². The first-order chi connectivity index (χ1) is 4.81. The number of terminal acetylenes is 1. The fraction of sp³-hybridized carbons (Fsp3) is 0.556. The summed E-state index contributed by atoms with van der Waals surface area (Å²) in [5.74, 6) is 2.60. The molecule has 0 heterocycles. The van der Waals surface area contributed by atoms with E-state index in [-0.39, 0.29) is 6.04 Å². The van der Waals surface area contributed by atoms with E-state index < -0.39 is 0 Å². The molecule has 1 N–H and O–H groups in total. The Bertz CT molecular complexity index is 130. The lowest BCUT2D eigenvalue weighted by molar-refractivity contribution is 0.702. The second-order valence-electron chi connectivity index (χ2n) is 2.18. The maximum Gasteiger partial charge on any atom is 0.0660 e. The van der Waals surface area contributed by atoms with Gasteiger partial charge < -0.3 is 5.32 Å². The van der Waals surface area contributed by atoms with Crippen molar-refractivity contribution in [3.63, 3.8) is 0 Å². The number of rotatable bonds is 4. The number of allylic oxidation sites excluding steroid dienone is 1. The van der Waals surface area contributed by atoms with Gasteiger partial charge in [0.25, 0.3) is 0 Å². The van der Waals surface area contributed by atoms with Gasteiger partial charge in [-0.1, -0.05) is 25.0 Å². The van der Waals surface area contributed by atoms with Crippen LogP contribution in [0.25, 0.3) is 0 Å². The summed E-state index contributed by atoms with van der Waals surface area (Å²) in [5, 5.41) is 3.14. The smallest absolute Gasteiger partial charge is 0.0660 e. The molecule has 0 aromatic rings. The summed E-state index contributed by atoms with van der Waals surface area (Å²) >= 11 is 0. The molecule has 0 amide bonds. The lowest BCUT2D eigenvalue weighted by atomic mass is 10.3. The Hall–Kier alpha value is -0.740. The summed E-state index contributed by atoms with van der Waals surface area (Å²) < 4.78 is 0. The van der Waals surface area contributed by atoms with Crippen molar-refractivity contribution in [2.24, 2.45) is 0 Å². The zero-order valence-corrected chi connectivity index (χ0v) is 6.72. The average Bonchev–Trinajstić information content (AvgIpc) is 1.98. The monoisotopic (exact) mass is 137 g/mol. The molecule has 0 aliphatic carbocycles. The Labute approximate surface area is 63.5 Å². The molecule has 0 fully saturated rings. The van der Waals surface area contributed by atoms with Crippen molar-refractivity contribution in [1.82, 2.24) is 5.32 Å². The van der Waals surface area contributed by atoms with Crippen LogP contribution >= 0.6 is 0 Å². The molecule has 0 bridgehead atoms. The third-order valence-electron chi connectivity index (χ3n) is 1.19. The molecule has 0 spiro atoms. The topological polar surface area (TPSA) is 12.0 Å². The Balaban J connectivity index is 3.21. The minimum absolute atomic E-state index is 0.182. The highest BCUT2D eigenvalue weighted by atomic mass is 14.9. The maximum absolute atomic E-state index is 5.15. The molecule has 0 saturated heterocycles. The first-order valence-electron chi connectivity index (χ1n) is 3.65. The first-order valence-corrected chi connectivity index (χ1v) is 3.65. The van der Waals surface area contributed by atoms with Crippen LogP contribution in [0, 0.1) is 12.3 Å². The summed E-state index contributed by atoms with van der Waals surface area (Å²) in [7, 11) is 0. The van der Waals surface area contributed by atoms with Crippen LogP contribution in [0.4, 0.5) is 0 Å². The van der Waals surface area contributed by atoms with Gasteiger partial charge in [-0.05, 0) is 13.3 Å². The van der Waals surface area contributed by atoms with Crippen molar-refractivity contribution in [2.75, 3.05) is 6.54 Å². The second-order valence-corrected chi connectivity index (χ2v) is 2.18. The van der Waals surface area contributed by atoms with Crippen molar-refractivity contribution < 1.29 is 0 Å². The molecule has 1 atom stereocenters. The zero-order chi connectivity index (χ0) is 7.82. The van der Waals surface area contributed by atoms with Gasteiger partial charge >= 0.3 is 0 Å². The molecular formula is C9H15N. The minimum Gasteiger partial charge on any atom is -0.300 e. The molecule has 0 aliphatic rings. The van der Waals surface area contributed by atoms with Gasteiger partial charge in [-0.15, -0.1) is 6.42 Å². The summed E-state index contributed by atoms with van der Waals surface area (Å²) in [6.07, 6.45) is 10.5. The van der Waals surface area contributed by atoms with Crippen LogP contribution in [0.1, 0.15) is 20.3 Å². The molecule has 0 rings (SSSR count). The molecule has 1 heteroatoms. The molecule has 0 aliphatic heterocycles. The Kier molecular flexibility index (Phi) is 5.91. The Morgan fingerprint density at radius 2 is 2.30 bits per heavy atom. The van der Waals surface area contributed by atoms with E-state index in [2.05, 4.69) is 30.3 Å². The predicted molar refractivity (Wildman–Crippen MR) is 45.7 cm³/mol. The van der Waals surface area contributed by atoms with Crippen molar-refractivity contribution in [3.8, 4) is 12.3 Å². The van der Waals surface area contributed by atoms with E-state index in [1.54, 1.807) is 0 Å². The summed E-state index contributed by atoms with van der Waals surface area (Å²) in [6.45, 7) is 4.96. The molecule has 10 heavy (non-hydrogen) atoms. The van der Waals surface area contributed by atoms with Crippen LogP contribution in [0.5, 0.6) is 0 Å². The first kappa shape index (κ1) is 9.26. The predicted octanol–water partition coefficient (Wildman–Crippen LogP) is 1.56. The van der Waals surface area contributed by atoms with Crippen molar-refractivity contribution in [2.45, 2.75) is 26.3 Å². The van der Waals surface area contributed by atoms with Crippen LogP contribution in [0.3, 0.4) is 0 Å². The molecular weight excluding hydrogens is 122 g/mol. The second kappa shape index (κ2) is 6.38. The highest BCUT2D eigenvalue weighted by molar-refractivity contribution is 4.97. The molecule has 1 nitrogen and oxygen atoms in total. The number of hydrogen-bond donors (Lipinski definition) is 1. The van der Waals surface area contributed by atoms with E-state index in [1.165, 1.54) is 0 Å². The van der Waals surface area contributed by atoms with Crippen LogP contribution < -0.4 is 5.32 Å². The molecule has 0 aromatic carbocycles. The summed E-state index contributed by atoms with van der Waals surface area (Å²) in [6, 6.07) is 0.182. The van der Waals surface area contributed by atoms with Gasteiger partial charge in [0.05, 0.1) is 6.04 Å². The van der Waals surface area contributed by atoms with E-state index in [0.29, 0.717) is 0 Å². The van der Waals surface area contributed by atoms with Crippen molar-refractivity contribution in [3.05, 3.63) is 12.2 Å². The molecule has 0 aromatic heterocycles. The Morgan fingerprint density at radius 3 is 2.80 bits per heavy atom. The van der Waals surface area contributed by atoms with Crippen LogP contribution in [0.15, 0.2) is 12.2 Å². The van der Waals surface area contributed by atoms with Gasteiger partial charge in [-0.3, -0.25) is 0 Å². The highest BCUT2D eigenvalue weighted by Gasteiger charge is 1.88. The fourth-order valence-electron chi connectivity index (χ4n) is 0.554. The summed E-state index contributed by atoms with van der Waals surface area (Å²) in [5.41, 5.74) is 0. The van der Waals surface area contributed by atoms with Gasteiger partial charge in [0.15, 0.2) is 0 Å².